The van der Waals surface area contributed by atoms with Gasteiger partial charge >= 0.3 is 0 Å². The maximum Gasteiger partial charge on any atom is 0.224 e. The Bertz CT molecular complexity index is 461. The molecule has 4 nitrogen and oxygen atoms in total. The standard InChI is InChI=1S/C14H16N2O2/c15-7-8-18-13-6-2-5-12(10-13)16-14(17)9-11-3-1-4-11/h2,5-6,10-11H,1,3-4,8-9H2,(H,16,17). The van der Waals surface area contributed by atoms with E-state index in [1.807, 2.05) is 12.1 Å². The van der Waals surface area contributed by atoms with Crippen molar-refractivity contribution >= 4 is 11.6 Å². The van der Waals surface area contributed by atoms with Gasteiger partial charge in [0.2, 0.25) is 5.91 Å². The number of anilines is 1. The molecule has 1 aromatic carbocycles. The molecule has 4 heteroatoms. The molecular weight excluding hydrogens is 228 g/mol. The number of benzene rings is 1. The summed E-state index contributed by atoms with van der Waals surface area (Å²) in [5, 5.41) is 11.3. The monoisotopic (exact) mass is 244 g/mol. The molecular formula is C14H16N2O2. The first-order valence-corrected chi connectivity index (χ1v) is 6.17. The molecule has 1 aliphatic rings. The molecule has 94 valence electrons. The minimum absolute atomic E-state index is 0.0134. The van der Waals surface area contributed by atoms with Gasteiger partial charge in [0.15, 0.2) is 6.61 Å². The Hall–Kier alpha value is -2.02. The number of nitriles is 1. The van der Waals surface area contributed by atoms with Gasteiger partial charge in [-0.05, 0) is 30.9 Å². The second-order valence-electron chi connectivity index (χ2n) is 4.52. The summed E-state index contributed by atoms with van der Waals surface area (Å²) in [6, 6.07) is 9.02. The van der Waals surface area contributed by atoms with E-state index in [1.54, 1.807) is 18.2 Å². The van der Waals surface area contributed by atoms with Crippen LogP contribution < -0.4 is 10.1 Å². The van der Waals surface area contributed by atoms with Gasteiger partial charge in [0.25, 0.3) is 0 Å². The van der Waals surface area contributed by atoms with Gasteiger partial charge in [-0.15, -0.1) is 0 Å². The Morgan fingerprint density at radius 3 is 3.00 bits per heavy atom. The molecule has 1 amide bonds. The highest BCUT2D eigenvalue weighted by atomic mass is 16.5. The molecule has 0 bridgehead atoms. The van der Waals surface area contributed by atoms with Crippen molar-refractivity contribution in [3.63, 3.8) is 0 Å². The third-order valence-electron chi connectivity index (χ3n) is 3.12. The SMILES string of the molecule is N#CCOc1cccc(NC(=O)CC2CCC2)c1. The average Bonchev–Trinajstić information content (AvgIpc) is 2.32. The zero-order chi connectivity index (χ0) is 12.8. The summed E-state index contributed by atoms with van der Waals surface area (Å²) in [6.07, 6.45) is 4.18. The van der Waals surface area contributed by atoms with Crippen LogP contribution in [0.1, 0.15) is 25.7 Å². The number of nitrogens with zero attached hydrogens (tertiary/aromatic N) is 1. The highest BCUT2D eigenvalue weighted by Gasteiger charge is 2.20. The van der Waals surface area contributed by atoms with Crippen molar-refractivity contribution in [2.24, 2.45) is 5.92 Å². The minimum Gasteiger partial charge on any atom is -0.479 e. The molecule has 2 rings (SSSR count). The highest BCUT2D eigenvalue weighted by molar-refractivity contribution is 5.91. The fourth-order valence-electron chi connectivity index (χ4n) is 1.95. The average molecular weight is 244 g/mol. The molecule has 0 spiro atoms. The van der Waals surface area contributed by atoms with Crippen molar-refractivity contribution in [2.45, 2.75) is 25.7 Å². The first-order chi connectivity index (χ1) is 8.78. The second kappa shape index (κ2) is 6.06. The van der Waals surface area contributed by atoms with Gasteiger partial charge in [0.1, 0.15) is 11.8 Å². The van der Waals surface area contributed by atoms with Crippen LogP contribution in [0.3, 0.4) is 0 Å². The number of carbonyl (C=O) groups is 1. The molecule has 1 saturated carbocycles. The molecule has 1 aliphatic carbocycles. The zero-order valence-electron chi connectivity index (χ0n) is 10.2. The second-order valence-corrected chi connectivity index (χ2v) is 4.52. The number of amides is 1. The number of carbonyl (C=O) groups excluding carboxylic acids is 1. The fourth-order valence-corrected chi connectivity index (χ4v) is 1.95. The van der Waals surface area contributed by atoms with Crippen molar-refractivity contribution in [1.29, 1.82) is 5.26 Å². The molecule has 1 N–H and O–H groups in total. The lowest BCUT2D eigenvalue weighted by Gasteiger charge is -2.24. The van der Waals surface area contributed by atoms with Crippen LogP contribution in [0.4, 0.5) is 5.69 Å². The van der Waals surface area contributed by atoms with E-state index in [9.17, 15) is 4.79 Å². The number of hydrogen-bond acceptors (Lipinski definition) is 3. The lowest BCUT2D eigenvalue weighted by molar-refractivity contribution is -0.117. The Kier molecular flexibility index (Phi) is 4.19. The van der Waals surface area contributed by atoms with Crippen molar-refractivity contribution in [1.82, 2.24) is 0 Å². The third kappa shape index (κ3) is 3.49. The summed E-state index contributed by atoms with van der Waals surface area (Å²) < 4.78 is 5.18. The van der Waals surface area contributed by atoms with Crippen LogP contribution in [0.5, 0.6) is 5.75 Å². The van der Waals surface area contributed by atoms with Crippen LogP contribution in [0.25, 0.3) is 0 Å². The molecule has 18 heavy (non-hydrogen) atoms. The van der Waals surface area contributed by atoms with E-state index in [0.29, 0.717) is 18.1 Å². The van der Waals surface area contributed by atoms with Crippen LogP contribution in [0.15, 0.2) is 24.3 Å². The van der Waals surface area contributed by atoms with Gasteiger partial charge in [-0.25, -0.2) is 0 Å². The maximum absolute atomic E-state index is 11.7. The summed E-state index contributed by atoms with van der Waals surface area (Å²) in [7, 11) is 0. The lowest BCUT2D eigenvalue weighted by atomic mass is 9.83. The largest absolute Gasteiger partial charge is 0.479 e. The number of ether oxygens (including phenoxy) is 1. The van der Waals surface area contributed by atoms with Crippen LogP contribution in [0.2, 0.25) is 0 Å². The van der Waals surface area contributed by atoms with E-state index >= 15 is 0 Å². The molecule has 0 radical (unpaired) electrons. The maximum atomic E-state index is 11.7. The zero-order valence-corrected chi connectivity index (χ0v) is 10.2. The third-order valence-corrected chi connectivity index (χ3v) is 3.12. The fraction of sp³-hybridized carbons (Fsp3) is 0.429. The van der Waals surface area contributed by atoms with E-state index in [0.717, 1.165) is 5.69 Å². The van der Waals surface area contributed by atoms with Gasteiger partial charge < -0.3 is 10.1 Å². The summed E-state index contributed by atoms with van der Waals surface area (Å²) >= 11 is 0. The van der Waals surface area contributed by atoms with Crippen molar-refractivity contribution in [2.75, 3.05) is 11.9 Å². The molecule has 0 heterocycles. The van der Waals surface area contributed by atoms with Crippen molar-refractivity contribution in [3.05, 3.63) is 24.3 Å². The molecule has 1 aromatic rings. The van der Waals surface area contributed by atoms with Gasteiger partial charge in [0, 0.05) is 18.2 Å². The summed E-state index contributed by atoms with van der Waals surface area (Å²) in [6.45, 7) is 0.0134. The van der Waals surface area contributed by atoms with E-state index in [2.05, 4.69) is 5.32 Å². The van der Waals surface area contributed by atoms with Gasteiger partial charge in [0.05, 0.1) is 0 Å². The summed E-state index contributed by atoms with van der Waals surface area (Å²) in [5.74, 6) is 1.21. The quantitative estimate of drug-likeness (QED) is 0.866. The molecule has 0 saturated heterocycles. The smallest absolute Gasteiger partial charge is 0.224 e. The van der Waals surface area contributed by atoms with Gasteiger partial charge in [-0.2, -0.15) is 5.26 Å². The Morgan fingerprint density at radius 2 is 2.33 bits per heavy atom. The van der Waals surface area contributed by atoms with Crippen LogP contribution in [-0.2, 0) is 4.79 Å². The number of rotatable bonds is 5. The number of nitrogens with one attached hydrogen (secondary N) is 1. The Labute approximate surface area is 107 Å². The molecule has 0 unspecified atom stereocenters. The summed E-state index contributed by atoms with van der Waals surface area (Å²) in [5.41, 5.74) is 0.717. The molecule has 1 fully saturated rings. The van der Waals surface area contributed by atoms with E-state index in [4.69, 9.17) is 10.00 Å². The van der Waals surface area contributed by atoms with Crippen molar-refractivity contribution < 1.29 is 9.53 Å². The normalized spacial score (nSPS) is 14.4. The lowest BCUT2D eigenvalue weighted by Crippen LogP contribution is -2.20. The van der Waals surface area contributed by atoms with Crippen molar-refractivity contribution in [3.8, 4) is 11.8 Å². The van der Waals surface area contributed by atoms with Gasteiger partial charge in [-0.1, -0.05) is 12.5 Å². The number of hydrogen-bond donors (Lipinski definition) is 1. The van der Waals surface area contributed by atoms with Crippen LogP contribution in [0, 0.1) is 17.2 Å². The topological polar surface area (TPSA) is 62.1 Å². The van der Waals surface area contributed by atoms with E-state index < -0.39 is 0 Å². The van der Waals surface area contributed by atoms with E-state index in [1.165, 1.54) is 19.3 Å². The molecule has 0 aliphatic heterocycles. The first kappa shape index (κ1) is 12.4. The molecule has 0 aromatic heterocycles. The summed E-state index contributed by atoms with van der Waals surface area (Å²) in [4.78, 5) is 11.7. The van der Waals surface area contributed by atoms with E-state index in [-0.39, 0.29) is 12.5 Å². The predicted molar refractivity (Wildman–Crippen MR) is 68.1 cm³/mol. The van der Waals surface area contributed by atoms with Gasteiger partial charge in [-0.3, -0.25) is 4.79 Å². The molecule has 0 atom stereocenters. The van der Waals surface area contributed by atoms with Crippen LogP contribution >= 0.6 is 0 Å². The highest BCUT2D eigenvalue weighted by Crippen LogP contribution is 2.29. The van der Waals surface area contributed by atoms with Crippen LogP contribution in [-0.4, -0.2) is 12.5 Å². The Balaban J connectivity index is 1.87. The Morgan fingerprint density at radius 1 is 1.50 bits per heavy atom. The minimum atomic E-state index is 0.0134. The predicted octanol–water partition coefficient (Wildman–Crippen LogP) is 2.72. The first-order valence-electron chi connectivity index (χ1n) is 6.17.